The highest BCUT2D eigenvalue weighted by Crippen LogP contribution is 2.15. The zero-order valence-electron chi connectivity index (χ0n) is 11.3. The summed E-state index contributed by atoms with van der Waals surface area (Å²) < 4.78 is 15.6. The highest BCUT2D eigenvalue weighted by molar-refractivity contribution is 5.90. The lowest BCUT2D eigenvalue weighted by Crippen LogP contribution is -2.11. The van der Waals surface area contributed by atoms with E-state index in [-0.39, 0.29) is 5.97 Å². The third kappa shape index (κ3) is 3.26. The zero-order valence-corrected chi connectivity index (χ0v) is 11.3. The number of aryl methyl sites for hydroxylation is 2. The van der Waals surface area contributed by atoms with Gasteiger partial charge in [0.1, 0.15) is 28.6 Å². The normalized spacial score (nSPS) is 10.7. The van der Waals surface area contributed by atoms with Crippen LogP contribution < -0.4 is 5.32 Å². The number of esters is 1. The summed E-state index contributed by atoms with van der Waals surface area (Å²) in [7, 11) is 1.35. The van der Waals surface area contributed by atoms with Gasteiger partial charge in [0.05, 0.1) is 20.2 Å². The summed E-state index contributed by atoms with van der Waals surface area (Å²) in [6, 6.07) is 5.54. The Kier molecular flexibility index (Phi) is 4.06. The van der Waals surface area contributed by atoms with Gasteiger partial charge in [0.15, 0.2) is 0 Å². The summed E-state index contributed by atoms with van der Waals surface area (Å²) in [5, 5.41) is 3.19. The van der Waals surface area contributed by atoms with Crippen LogP contribution in [0.3, 0.4) is 0 Å². The van der Waals surface area contributed by atoms with Crippen molar-refractivity contribution < 1.29 is 18.4 Å². The third-order valence-corrected chi connectivity index (χ3v) is 2.77. The van der Waals surface area contributed by atoms with Crippen LogP contribution in [0.2, 0.25) is 0 Å². The number of hydrogen-bond acceptors (Lipinski definition) is 5. The monoisotopic (exact) mass is 263 g/mol. The lowest BCUT2D eigenvalue weighted by molar-refractivity contribution is 0.0599. The van der Waals surface area contributed by atoms with Crippen LogP contribution >= 0.6 is 0 Å². The Morgan fingerprint density at radius 3 is 2.58 bits per heavy atom. The third-order valence-electron chi connectivity index (χ3n) is 2.77. The predicted molar refractivity (Wildman–Crippen MR) is 68.8 cm³/mol. The molecule has 0 bridgehead atoms. The van der Waals surface area contributed by atoms with E-state index in [2.05, 4.69) is 10.1 Å². The van der Waals surface area contributed by atoms with Gasteiger partial charge < -0.3 is 18.9 Å². The Morgan fingerprint density at radius 1 is 1.21 bits per heavy atom. The molecule has 0 fully saturated rings. The molecule has 2 aromatic heterocycles. The van der Waals surface area contributed by atoms with E-state index in [1.165, 1.54) is 7.11 Å². The second-order valence-corrected chi connectivity index (χ2v) is 4.29. The van der Waals surface area contributed by atoms with Crippen LogP contribution in [-0.2, 0) is 17.8 Å². The number of nitrogens with one attached hydrogen (secondary N) is 1. The quantitative estimate of drug-likeness (QED) is 0.840. The van der Waals surface area contributed by atoms with Gasteiger partial charge in [-0.25, -0.2) is 4.79 Å². The van der Waals surface area contributed by atoms with Gasteiger partial charge in [0.2, 0.25) is 0 Å². The number of carbonyl (C=O) groups excluding carboxylic acids is 1. The maximum Gasteiger partial charge on any atom is 0.341 e. The Morgan fingerprint density at radius 2 is 1.95 bits per heavy atom. The molecule has 0 aliphatic rings. The number of furan rings is 2. The van der Waals surface area contributed by atoms with Gasteiger partial charge in [0.25, 0.3) is 0 Å². The van der Waals surface area contributed by atoms with Crippen LogP contribution in [-0.4, -0.2) is 13.1 Å². The van der Waals surface area contributed by atoms with Crippen molar-refractivity contribution in [2.75, 3.05) is 7.11 Å². The number of methoxy groups -OCH3 is 1. The van der Waals surface area contributed by atoms with Crippen LogP contribution in [0, 0.1) is 13.8 Å². The van der Waals surface area contributed by atoms with E-state index in [1.807, 2.05) is 19.1 Å². The van der Waals surface area contributed by atoms with Gasteiger partial charge in [-0.2, -0.15) is 0 Å². The fraction of sp³-hybridized carbons (Fsp3) is 0.357. The SMILES string of the molecule is COC(=O)c1cc(CNCc2ccc(C)o2)oc1C. The first-order chi connectivity index (χ1) is 9.10. The molecule has 0 unspecified atom stereocenters. The van der Waals surface area contributed by atoms with Crippen molar-refractivity contribution >= 4 is 5.97 Å². The number of hydrogen-bond donors (Lipinski definition) is 1. The first kappa shape index (κ1) is 13.4. The maximum atomic E-state index is 11.4. The Balaban J connectivity index is 1.91. The Hall–Kier alpha value is -2.01. The number of carbonyl (C=O) groups is 1. The summed E-state index contributed by atoms with van der Waals surface area (Å²) in [6.07, 6.45) is 0. The molecule has 2 heterocycles. The van der Waals surface area contributed by atoms with E-state index >= 15 is 0 Å². The molecule has 2 rings (SSSR count). The molecule has 0 saturated heterocycles. The van der Waals surface area contributed by atoms with Gasteiger partial charge in [-0.05, 0) is 32.0 Å². The van der Waals surface area contributed by atoms with Crippen LogP contribution in [0.25, 0.3) is 0 Å². The molecule has 2 aromatic rings. The number of ether oxygens (including phenoxy) is 1. The van der Waals surface area contributed by atoms with Gasteiger partial charge >= 0.3 is 5.97 Å². The molecule has 5 nitrogen and oxygen atoms in total. The first-order valence-electron chi connectivity index (χ1n) is 6.04. The van der Waals surface area contributed by atoms with E-state index < -0.39 is 0 Å². The molecule has 0 amide bonds. The molecule has 5 heteroatoms. The second-order valence-electron chi connectivity index (χ2n) is 4.29. The van der Waals surface area contributed by atoms with E-state index in [0.29, 0.717) is 30.2 Å². The van der Waals surface area contributed by atoms with Crippen molar-refractivity contribution in [3.05, 3.63) is 46.8 Å². The van der Waals surface area contributed by atoms with Crippen molar-refractivity contribution in [2.24, 2.45) is 0 Å². The Labute approximate surface area is 111 Å². The molecular formula is C14H17NO4. The Bertz CT molecular complexity index is 568. The van der Waals surface area contributed by atoms with Crippen molar-refractivity contribution in [3.8, 4) is 0 Å². The summed E-state index contributed by atoms with van der Waals surface area (Å²) in [6.45, 7) is 4.78. The van der Waals surface area contributed by atoms with E-state index in [1.54, 1.807) is 13.0 Å². The summed E-state index contributed by atoms with van der Waals surface area (Å²) in [5.74, 6) is 2.64. The minimum Gasteiger partial charge on any atom is -0.465 e. The fourth-order valence-electron chi connectivity index (χ4n) is 1.83. The molecule has 0 aliphatic carbocycles. The van der Waals surface area contributed by atoms with E-state index in [0.717, 1.165) is 11.5 Å². The van der Waals surface area contributed by atoms with Gasteiger partial charge in [-0.3, -0.25) is 0 Å². The summed E-state index contributed by atoms with van der Waals surface area (Å²) in [5.41, 5.74) is 0.466. The maximum absolute atomic E-state index is 11.4. The van der Waals surface area contributed by atoms with Crippen molar-refractivity contribution in [2.45, 2.75) is 26.9 Å². The lowest BCUT2D eigenvalue weighted by atomic mass is 10.2. The van der Waals surface area contributed by atoms with Gasteiger partial charge in [0, 0.05) is 0 Å². The fourth-order valence-corrected chi connectivity index (χ4v) is 1.83. The first-order valence-corrected chi connectivity index (χ1v) is 6.04. The second kappa shape index (κ2) is 5.75. The molecular weight excluding hydrogens is 246 g/mol. The largest absolute Gasteiger partial charge is 0.465 e. The standard InChI is InChI=1S/C14H17NO4/c1-9-4-5-11(18-9)7-15-8-12-6-13(10(2)19-12)14(16)17-3/h4-6,15H,7-8H2,1-3H3. The van der Waals surface area contributed by atoms with Crippen LogP contribution in [0.15, 0.2) is 27.0 Å². The molecule has 102 valence electrons. The predicted octanol–water partition coefficient (Wildman–Crippen LogP) is 2.57. The summed E-state index contributed by atoms with van der Waals surface area (Å²) in [4.78, 5) is 11.4. The molecule has 0 aliphatic heterocycles. The molecule has 19 heavy (non-hydrogen) atoms. The van der Waals surface area contributed by atoms with Gasteiger partial charge in [-0.1, -0.05) is 0 Å². The number of rotatable bonds is 5. The average Bonchev–Trinajstić information content (AvgIpc) is 2.95. The minimum atomic E-state index is -0.380. The summed E-state index contributed by atoms with van der Waals surface area (Å²) >= 11 is 0. The van der Waals surface area contributed by atoms with Crippen LogP contribution in [0.1, 0.15) is 33.4 Å². The molecule has 0 spiro atoms. The van der Waals surface area contributed by atoms with Crippen LogP contribution in [0.4, 0.5) is 0 Å². The highest BCUT2D eigenvalue weighted by atomic mass is 16.5. The smallest absolute Gasteiger partial charge is 0.341 e. The zero-order chi connectivity index (χ0) is 13.8. The highest BCUT2D eigenvalue weighted by Gasteiger charge is 2.14. The molecule has 0 saturated carbocycles. The minimum absolute atomic E-state index is 0.380. The van der Waals surface area contributed by atoms with Crippen molar-refractivity contribution in [3.63, 3.8) is 0 Å². The van der Waals surface area contributed by atoms with Crippen molar-refractivity contribution in [1.29, 1.82) is 0 Å². The molecule has 1 N–H and O–H groups in total. The lowest BCUT2D eigenvalue weighted by Gasteiger charge is -1.99. The molecule has 0 aromatic carbocycles. The van der Waals surface area contributed by atoms with Crippen molar-refractivity contribution in [1.82, 2.24) is 5.32 Å². The van der Waals surface area contributed by atoms with E-state index in [4.69, 9.17) is 8.83 Å². The van der Waals surface area contributed by atoms with Crippen LogP contribution in [0.5, 0.6) is 0 Å². The van der Waals surface area contributed by atoms with Gasteiger partial charge in [-0.15, -0.1) is 0 Å². The van der Waals surface area contributed by atoms with E-state index in [9.17, 15) is 4.79 Å². The topological polar surface area (TPSA) is 64.6 Å². The molecule has 0 atom stereocenters. The average molecular weight is 263 g/mol. The molecule has 0 radical (unpaired) electrons.